The zero-order valence-electron chi connectivity index (χ0n) is 16.1. The van der Waals surface area contributed by atoms with Gasteiger partial charge < -0.3 is 20.1 Å². The van der Waals surface area contributed by atoms with Gasteiger partial charge in [0, 0.05) is 16.7 Å². The van der Waals surface area contributed by atoms with E-state index in [-0.39, 0.29) is 12.5 Å². The van der Waals surface area contributed by atoms with Crippen molar-refractivity contribution in [2.45, 2.75) is 33.2 Å². The number of aryl methyl sites for hydroxylation is 1. The van der Waals surface area contributed by atoms with E-state index in [4.69, 9.17) is 9.47 Å². The molecular formula is C21H27BrN2O3. The number of halogens is 1. The molecule has 2 N–H and O–H groups in total. The Kier molecular flexibility index (Phi) is 8.61. The summed E-state index contributed by atoms with van der Waals surface area (Å²) < 4.78 is 12.0. The highest BCUT2D eigenvalue weighted by molar-refractivity contribution is 9.10. The second kappa shape index (κ2) is 10.9. The van der Waals surface area contributed by atoms with Crippen molar-refractivity contribution < 1.29 is 14.3 Å². The number of anilines is 1. The largest absolute Gasteiger partial charge is 0.493 e. The third kappa shape index (κ3) is 6.88. The topological polar surface area (TPSA) is 59.6 Å². The van der Waals surface area contributed by atoms with Gasteiger partial charge in [-0.2, -0.15) is 0 Å². The lowest BCUT2D eigenvalue weighted by Crippen LogP contribution is -2.20. The Bertz CT molecular complexity index is 748. The second-order valence-corrected chi connectivity index (χ2v) is 7.18. The fourth-order valence-electron chi connectivity index (χ4n) is 2.49. The number of amides is 1. The number of rotatable bonds is 10. The smallest absolute Gasteiger partial charge is 0.262 e. The Balaban J connectivity index is 1.95. The summed E-state index contributed by atoms with van der Waals surface area (Å²) >= 11 is 3.57. The molecule has 0 fully saturated rings. The van der Waals surface area contributed by atoms with Gasteiger partial charge in [-0.25, -0.2) is 0 Å². The zero-order chi connectivity index (χ0) is 19.6. The van der Waals surface area contributed by atoms with Crippen LogP contribution in [0.15, 0.2) is 40.9 Å². The molecule has 0 aliphatic rings. The number of unbranched alkanes of at least 4 members (excludes halogenated alkanes) is 1. The van der Waals surface area contributed by atoms with Crippen LogP contribution in [0, 0.1) is 6.92 Å². The second-order valence-electron chi connectivity index (χ2n) is 6.33. The fraction of sp³-hybridized carbons (Fsp3) is 0.381. The number of carbonyl (C=O) groups excluding carboxylic acids is 1. The van der Waals surface area contributed by atoms with Gasteiger partial charge in [0.15, 0.2) is 18.1 Å². The first kappa shape index (κ1) is 21.3. The number of hydrogen-bond acceptors (Lipinski definition) is 4. The summed E-state index contributed by atoms with van der Waals surface area (Å²) in [6, 6.07) is 11.4. The van der Waals surface area contributed by atoms with Gasteiger partial charge in [-0.3, -0.25) is 4.79 Å². The van der Waals surface area contributed by atoms with Crippen molar-refractivity contribution in [1.29, 1.82) is 0 Å². The Labute approximate surface area is 169 Å². The van der Waals surface area contributed by atoms with Crippen molar-refractivity contribution in [2.75, 3.05) is 25.6 Å². The Morgan fingerprint density at radius 3 is 2.56 bits per heavy atom. The number of ether oxygens (including phenoxy) is 2. The molecule has 0 heterocycles. The minimum Gasteiger partial charge on any atom is -0.493 e. The molecule has 0 radical (unpaired) electrons. The molecule has 146 valence electrons. The van der Waals surface area contributed by atoms with E-state index in [9.17, 15) is 4.79 Å². The normalized spacial score (nSPS) is 10.5. The molecule has 0 atom stereocenters. The quantitative estimate of drug-likeness (QED) is 0.533. The molecule has 2 rings (SSSR count). The summed E-state index contributed by atoms with van der Waals surface area (Å²) in [5, 5.41) is 6.22. The Morgan fingerprint density at radius 1 is 1.15 bits per heavy atom. The van der Waals surface area contributed by atoms with Crippen LogP contribution in [0.5, 0.6) is 11.5 Å². The first-order valence-corrected chi connectivity index (χ1v) is 9.89. The highest BCUT2D eigenvalue weighted by Gasteiger charge is 2.12. The fourth-order valence-corrected chi connectivity index (χ4v) is 2.95. The van der Waals surface area contributed by atoms with Crippen LogP contribution in [-0.4, -0.2) is 26.2 Å². The van der Waals surface area contributed by atoms with Crippen molar-refractivity contribution in [2.24, 2.45) is 0 Å². The molecular weight excluding hydrogens is 408 g/mol. The molecule has 0 saturated heterocycles. The van der Waals surface area contributed by atoms with Crippen molar-refractivity contribution in [3.63, 3.8) is 0 Å². The van der Waals surface area contributed by atoms with Crippen LogP contribution >= 0.6 is 15.9 Å². The molecule has 1 amide bonds. The van der Waals surface area contributed by atoms with Gasteiger partial charge in [0.2, 0.25) is 0 Å². The molecule has 0 aliphatic carbocycles. The van der Waals surface area contributed by atoms with Crippen LogP contribution in [0.2, 0.25) is 0 Å². The van der Waals surface area contributed by atoms with E-state index in [1.807, 2.05) is 43.3 Å². The first-order valence-electron chi connectivity index (χ1n) is 9.10. The zero-order valence-corrected chi connectivity index (χ0v) is 17.7. The lowest BCUT2D eigenvalue weighted by molar-refractivity contribution is -0.118. The predicted molar refractivity (Wildman–Crippen MR) is 113 cm³/mol. The minimum absolute atomic E-state index is 0.0925. The molecule has 0 unspecified atom stereocenters. The number of hydrogen-bond donors (Lipinski definition) is 2. The molecule has 0 bridgehead atoms. The van der Waals surface area contributed by atoms with Gasteiger partial charge >= 0.3 is 0 Å². The van der Waals surface area contributed by atoms with E-state index >= 15 is 0 Å². The number of methoxy groups -OCH3 is 1. The summed E-state index contributed by atoms with van der Waals surface area (Å²) in [5.74, 6) is 0.914. The monoisotopic (exact) mass is 434 g/mol. The van der Waals surface area contributed by atoms with E-state index in [1.54, 1.807) is 7.11 Å². The highest BCUT2D eigenvalue weighted by Crippen LogP contribution is 2.33. The Hall–Kier alpha value is -2.05. The third-order valence-electron chi connectivity index (χ3n) is 4.05. The van der Waals surface area contributed by atoms with Crippen LogP contribution in [0.1, 0.15) is 30.9 Å². The highest BCUT2D eigenvalue weighted by atomic mass is 79.9. The maximum Gasteiger partial charge on any atom is 0.262 e. The summed E-state index contributed by atoms with van der Waals surface area (Å²) in [7, 11) is 1.59. The van der Waals surface area contributed by atoms with Gasteiger partial charge in [0.25, 0.3) is 5.91 Å². The van der Waals surface area contributed by atoms with E-state index < -0.39 is 0 Å². The van der Waals surface area contributed by atoms with Gasteiger partial charge in [-0.05, 0) is 49.7 Å². The van der Waals surface area contributed by atoms with Crippen LogP contribution in [0.25, 0.3) is 0 Å². The summed E-state index contributed by atoms with van der Waals surface area (Å²) in [6.07, 6.45) is 2.31. The van der Waals surface area contributed by atoms with Gasteiger partial charge in [-0.15, -0.1) is 0 Å². The van der Waals surface area contributed by atoms with E-state index in [2.05, 4.69) is 33.5 Å². The Morgan fingerprint density at radius 2 is 1.89 bits per heavy atom. The lowest BCUT2D eigenvalue weighted by Gasteiger charge is -2.14. The van der Waals surface area contributed by atoms with Crippen molar-refractivity contribution >= 4 is 27.5 Å². The summed E-state index contributed by atoms with van der Waals surface area (Å²) in [5.41, 5.74) is 2.97. The number of nitrogens with one attached hydrogen (secondary N) is 2. The lowest BCUT2D eigenvalue weighted by atomic mass is 10.2. The average Bonchev–Trinajstić information content (AvgIpc) is 2.66. The van der Waals surface area contributed by atoms with Gasteiger partial charge in [0.05, 0.1) is 7.11 Å². The molecule has 0 aromatic heterocycles. The summed E-state index contributed by atoms with van der Waals surface area (Å²) in [4.78, 5) is 12.1. The van der Waals surface area contributed by atoms with Crippen molar-refractivity contribution in [1.82, 2.24) is 5.32 Å². The van der Waals surface area contributed by atoms with E-state index in [0.717, 1.165) is 47.2 Å². The first-order chi connectivity index (χ1) is 13.0. The van der Waals surface area contributed by atoms with Crippen molar-refractivity contribution in [3.8, 4) is 11.5 Å². The van der Waals surface area contributed by atoms with Crippen LogP contribution < -0.4 is 20.1 Å². The van der Waals surface area contributed by atoms with Gasteiger partial charge in [0.1, 0.15) is 0 Å². The number of carbonyl (C=O) groups is 1. The standard InChI is InChI=1S/C21H27BrN2O3/c1-4-5-10-23-13-16-11-19(26-3)20(12-18(16)22)27-14-21(25)24-17-8-6-15(2)7-9-17/h6-9,11-12,23H,4-5,10,13-14H2,1-3H3,(H,24,25). The third-order valence-corrected chi connectivity index (χ3v) is 4.79. The van der Waals surface area contributed by atoms with Crippen LogP contribution in [0.3, 0.4) is 0 Å². The van der Waals surface area contributed by atoms with Crippen LogP contribution in [-0.2, 0) is 11.3 Å². The molecule has 27 heavy (non-hydrogen) atoms. The summed E-state index contributed by atoms with van der Waals surface area (Å²) in [6.45, 7) is 5.79. The molecule has 0 saturated carbocycles. The molecule has 0 spiro atoms. The minimum atomic E-state index is -0.220. The molecule has 2 aromatic rings. The van der Waals surface area contributed by atoms with Crippen molar-refractivity contribution in [3.05, 3.63) is 52.0 Å². The average molecular weight is 435 g/mol. The molecule has 5 nitrogen and oxygen atoms in total. The predicted octanol–water partition coefficient (Wildman–Crippen LogP) is 4.67. The molecule has 0 aliphatic heterocycles. The van der Waals surface area contributed by atoms with E-state index in [1.165, 1.54) is 0 Å². The SMILES string of the molecule is CCCCNCc1cc(OC)c(OCC(=O)Nc2ccc(C)cc2)cc1Br. The van der Waals surface area contributed by atoms with E-state index in [0.29, 0.717) is 11.5 Å². The molecule has 2 aromatic carbocycles. The maximum atomic E-state index is 12.1. The van der Waals surface area contributed by atoms with Crippen LogP contribution in [0.4, 0.5) is 5.69 Å². The number of benzene rings is 2. The maximum absolute atomic E-state index is 12.1. The molecule has 6 heteroatoms. The van der Waals surface area contributed by atoms with Gasteiger partial charge in [-0.1, -0.05) is 47.0 Å².